The fourth-order valence-electron chi connectivity index (χ4n) is 3.06. The van der Waals surface area contributed by atoms with Crippen LogP contribution in [0.3, 0.4) is 0 Å². The van der Waals surface area contributed by atoms with E-state index in [2.05, 4.69) is 26.9 Å². The number of rotatable bonds is 3. The Hall–Kier alpha value is -1.07. The summed E-state index contributed by atoms with van der Waals surface area (Å²) in [4.78, 5) is 17.0. The van der Waals surface area contributed by atoms with Gasteiger partial charge in [-0.2, -0.15) is 0 Å². The lowest BCUT2D eigenvalue weighted by Crippen LogP contribution is -2.51. The summed E-state index contributed by atoms with van der Waals surface area (Å²) >= 11 is 3.47. The summed E-state index contributed by atoms with van der Waals surface area (Å²) in [5.74, 6) is 1.16. The highest BCUT2D eigenvalue weighted by atomic mass is 79.9. The van der Waals surface area contributed by atoms with Crippen molar-refractivity contribution in [1.29, 1.82) is 0 Å². The van der Waals surface area contributed by atoms with Crippen molar-refractivity contribution in [2.45, 2.75) is 6.42 Å². The van der Waals surface area contributed by atoms with Crippen LogP contribution >= 0.6 is 15.9 Å². The molecule has 114 valence electrons. The van der Waals surface area contributed by atoms with E-state index in [9.17, 15) is 4.79 Å². The Morgan fingerprint density at radius 1 is 1.24 bits per heavy atom. The van der Waals surface area contributed by atoms with Gasteiger partial charge in [0.25, 0.3) is 0 Å². The maximum Gasteiger partial charge on any atom is 0.229 e. The van der Waals surface area contributed by atoms with Crippen LogP contribution in [0.5, 0.6) is 5.75 Å². The zero-order valence-electron chi connectivity index (χ0n) is 12.1. The Kier molecular flexibility index (Phi) is 4.80. The first-order chi connectivity index (χ1) is 10.3. The van der Waals surface area contributed by atoms with Gasteiger partial charge in [-0.3, -0.25) is 9.69 Å². The Bertz CT molecular complexity index is 501. The quantitative estimate of drug-likeness (QED) is 0.777. The Balaban J connectivity index is 1.57. The molecule has 0 radical (unpaired) electrons. The fraction of sp³-hybridized carbons (Fsp3) is 0.562. The van der Waals surface area contributed by atoms with Crippen LogP contribution in [-0.2, 0) is 11.2 Å². The van der Waals surface area contributed by atoms with Gasteiger partial charge in [0.2, 0.25) is 5.91 Å². The molecule has 1 aromatic rings. The molecule has 1 atom stereocenters. The molecule has 1 fully saturated rings. The SMILES string of the molecule is O=C(C1COc2ccccc2C1)N1CCN(CCBr)CC1. The van der Waals surface area contributed by atoms with Crippen LogP contribution in [0.2, 0.25) is 0 Å². The number of piperazine rings is 1. The molecule has 2 aliphatic rings. The molecule has 1 amide bonds. The summed E-state index contributed by atoms with van der Waals surface area (Å²) in [6, 6.07) is 8.02. The van der Waals surface area contributed by atoms with Gasteiger partial charge >= 0.3 is 0 Å². The molecule has 21 heavy (non-hydrogen) atoms. The first-order valence-electron chi connectivity index (χ1n) is 7.56. The van der Waals surface area contributed by atoms with Gasteiger partial charge in [-0.15, -0.1) is 0 Å². The topological polar surface area (TPSA) is 32.8 Å². The first kappa shape index (κ1) is 14.9. The molecule has 1 saturated heterocycles. The second-order valence-corrected chi connectivity index (χ2v) is 6.47. The van der Waals surface area contributed by atoms with Crippen LogP contribution in [0.1, 0.15) is 5.56 Å². The summed E-state index contributed by atoms with van der Waals surface area (Å²) in [6.45, 7) is 5.19. The standard InChI is InChI=1S/C16H21BrN2O2/c17-5-6-18-7-9-19(10-8-18)16(20)14-11-13-3-1-2-4-15(13)21-12-14/h1-4,14H,5-12H2. The van der Waals surface area contributed by atoms with Gasteiger partial charge in [0.1, 0.15) is 12.4 Å². The van der Waals surface area contributed by atoms with Crippen LogP contribution in [0.4, 0.5) is 0 Å². The van der Waals surface area contributed by atoms with Gasteiger partial charge in [0.05, 0.1) is 5.92 Å². The summed E-state index contributed by atoms with van der Waals surface area (Å²) in [6.07, 6.45) is 0.802. The third kappa shape index (κ3) is 3.40. The predicted octanol–water partition coefficient (Wildman–Crippen LogP) is 1.78. The molecule has 0 aromatic heterocycles. The predicted molar refractivity (Wildman–Crippen MR) is 85.9 cm³/mol. The smallest absolute Gasteiger partial charge is 0.229 e. The van der Waals surface area contributed by atoms with Crippen molar-refractivity contribution >= 4 is 21.8 Å². The lowest BCUT2D eigenvalue weighted by molar-refractivity contribution is -0.138. The molecule has 5 heteroatoms. The summed E-state index contributed by atoms with van der Waals surface area (Å²) in [5, 5.41) is 0.994. The number of fused-ring (bicyclic) bond motifs is 1. The van der Waals surface area contributed by atoms with E-state index in [0.717, 1.165) is 55.8 Å². The monoisotopic (exact) mass is 352 g/mol. The molecule has 0 spiro atoms. The number of carbonyl (C=O) groups is 1. The lowest BCUT2D eigenvalue weighted by Gasteiger charge is -2.37. The molecule has 2 heterocycles. The van der Waals surface area contributed by atoms with Crippen molar-refractivity contribution in [3.05, 3.63) is 29.8 Å². The number of benzene rings is 1. The summed E-state index contributed by atoms with van der Waals surface area (Å²) in [5.41, 5.74) is 1.15. The van der Waals surface area contributed by atoms with Crippen LogP contribution in [0.25, 0.3) is 0 Å². The van der Waals surface area contributed by atoms with E-state index in [-0.39, 0.29) is 11.8 Å². The van der Waals surface area contributed by atoms with Gasteiger partial charge in [-0.25, -0.2) is 0 Å². The molecule has 2 aliphatic heterocycles. The molecule has 1 aromatic carbocycles. The van der Waals surface area contributed by atoms with Gasteiger partial charge in [-0.05, 0) is 18.1 Å². The van der Waals surface area contributed by atoms with E-state index in [1.807, 2.05) is 23.1 Å². The zero-order valence-corrected chi connectivity index (χ0v) is 13.7. The van der Waals surface area contributed by atoms with Crippen LogP contribution in [-0.4, -0.2) is 60.4 Å². The number of carbonyl (C=O) groups excluding carboxylic acids is 1. The second-order valence-electron chi connectivity index (χ2n) is 5.68. The highest BCUT2D eigenvalue weighted by Crippen LogP contribution is 2.27. The Morgan fingerprint density at radius 3 is 2.76 bits per heavy atom. The third-order valence-corrected chi connectivity index (χ3v) is 4.67. The summed E-state index contributed by atoms with van der Waals surface area (Å²) < 4.78 is 5.74. The van der Waals surface area contributed by atoms with Crippen molar-refractivity contribution in [1.82, 2.24) is 9.80 Å². The van der Waals surface area contributed by atoms with E-state index < -0.39 is 0 Å². The maximum atomic E-state index is 12.6. The number of halogens is 1. The van der Waals surface area contributed by atoms with Crippen molar-refractivity contribution in [2.75, 3.05) is 44.7 Å². The van der Waals surface area contributed by atoms with Crippen molar-refractivity contribution in [2.24, 2.45) is 5.92 Å². The van der Waals surface area contributed by atoms with Crippen LogP contribution < -0.4 is 4.74 Å². The zero-order chi connectivity index (χ0) is 14.7. The van der Waals surface area contributed by atoms with Gasteiger partial charge < -0.3 is 9.64 Å². The number of hydrogen-bond donors (Lipinski definition) is 0. The molecule has 1 unspecified atom stereocenters. The minimum absolute atomic E-state index is 0.0253. The van der Waals surface area contributed by atoms with E-state index in [1.54, 1.807) is 0 Å². The third-order valence-electron chi connectivity index (χ3n) is 4.31. The molecular weight excluding hydrogens is 332 g/mol. The minimum Gasteiger partial charge on any atom is -0.492 e. The largest absolute Gasteiger partial charge is 0.492 e. The van der Waals surface area contributed by atoms with Gasteiger partial charge in [-0.1, -0.05) is 34.1 Å². The number of para-hydroxylation sites is 1. The van der Waals surface area contributed by atoms with Crippen molar-refractivity contribution in [3.8, 4) is 5.75 Å². The normalized spacial score (nSPS) is 22.5. The molecule has 0 bridgehead atoms. The molecule has 3 rings (SSSR count). The molecule has 0 aliphatic carbocycles. The van der Waals surface area contributed by atoms with Crippen molar-refractivity contribution in [3.63, 3.8) is 0 Å². The highest BCUT2D eigenvalue weighted by molar-refractivity contribution is 9.09. The molecule has 0 N–H and O–H groups in total. The minimum atomic E-state index is -0.0253. The van der Waals surface area contributed by atoms with E-state index in [0.29, 0.717) is 6.61 Å². The number of hydrogen-bond acceptors (Lipinski definition) is 3. The number of ether oxygens (including phenoxy) is 1. The number of amides is 1. The maximum absolute atomic E-state index is 12.6. The average Bonchev–Trinajstić information content (AvgIpc) is 2.55. The highest BCUT2D eigenvalue weighted by Gasteiger charge is 2.30. The summed E-state index contributed by atoms with van der Waals surface area (Å²) in [7, 11) is 0. The van der Waals surface area contributed by atoms with E-state index >= 15 is 0 Å². The Morgan fingerprint density at radius 2 is 2.00 bits per heavy atom. The van der Waals surface area contributed by atoms with Crippen LogP contribution in [0.15, 0.2) is 24.3 Å². The molecule has 0 saturated carbocycles. The first-order valence-corrected chi connectivity index (χ1v) is 8.68. The fourth-order valence-corrected chi connectivity index (χ4v) is 3.56. The lowest BCUT2D eigenvalue weighted by atomic mass is 9.95. The molecular formula is C16H21BrN2O2. The van der Waals surface area contributed by atoms with Crippen molar-refractivity contribution < 1.29 is 9.53 Å². The molecule has 4 nitrogen and oxygen atoms in total. The number of alkyl halides is 1. The number of nitrogens with zero attached hydrogens (tertiary/aromatic N) is 2. The van der Waals surface area contributed by atoms with Gasteiger partial charge in [0.15, 0.2) is 0 Å². The Labute approximate surface area is 134 Å². The second kappa shape index (κ2) is 6.79. The van der Waals surface area contributed by atoms with E-state index in [1.165, 1.54) is 0 Å². The van der Waals surface area contributed by atoms with Gasteiger partial charge in [0, 0.05) is 38.1 Å². The van der Waals surface area contributed by atoms with Crippen LogP contribution in [0, 0.1) is 5.92 Å². The average molecular weight is 353 g/mol. The van der Waals surface area contributed by atoms with E-state index in [4.69, 9.17) is 4.74 Å².